The quantitative estimate of drug-likeness (QED) is 0.357. The molecule has 1 saturated heterocycles. The standard InChI is InChI=1S/C27H31ClN2O5/c1-3-13-34-24(31)8-7-19-15-22-18(2)14-25(32)35-27(22)23(26(19)33)17-29-9-11-30(12-10-29)21-6-4-5-20(28)16-21/h4-6,14-16,33H,3,7-13,17H2,1-2H3. The maximum atomic E-state index is 12.1. The van der Waals surface area contributed by atoms with Crippen LogP contribution in [0, 0.1) is 6.92 Å². The highest BCUT2D eigenvalue weighted by Crippen LogP contribution is 2.34. The van der Waals surface area contributed by atoms with Gasteiger partial charge in [0.15, 0.2) is 0 Å². The molecule has 4 rings (SSSR count). The Balaban J connectivity index is 1.56. The van der Waals surface area contributed by atoms with Gasteiger partial charge in [-0.3, -0.25) is 9.69 Å². The van der Waals surface area contributed by atoms with Gasteiger partial charge in [0, 0.05) is 61.3 Å². The molecule has 0 atom stereocenters. The smallest absolute Gasteiger partial charge is 0.336 e. The van der Waals surface area contributed by atoms with Crippen molar-refractivity contribution in [1.29, 1.82) is 0 Å². The number of halogens is 1. The van der Waals surface area contributed by atoms with Crippen LogP contribution in [0.2, 0.25) is 5.02 Å². The zero-order valence-electron chi connectivity index (χ0n) is 20.2. The van der Waals surface area contributed by atoms with Crippen molar-refractivity contribution < 1.29 is 19.1 Å². The third-order valence-corrected chi connectivity index (χ3v) is 6.62. The Morgan fingerprint density at radius 1 is 1.17 bits per heavy atom. The van der Waals surface area contributed by atoms with Gasteiger partial charge in [0.1, 0.15) is 11.3 Å². The van der Waals surface area contributed by atoms with E-state index in [9.17, 15) is 14.7 Å². The summed E-state index contributed by atoms with van der Waals surface area (Å²) in [6.07, 6.45) is 1.28. The predicted molar refractivity (Wildman–Crippen MR) is 137 cm³/mol. The fourth-order valence-corrected chi connectivity index (χ4v) is 4.67. The van der Waals surface area contributed by atoms with Crippen LogP contribution in [0.3, 0.4) is 0 Å². The van der Waals surface area contributed by atoms with Crippen LogP contribution in [0.1, 0.15) is 36.5 Å². The van der Waals surface area contributed by atoms with E-state index in [2.05, 4.69) is 9.80 Å². The fourth-order valence-electron chi connectivity index (χ4n) is 4.49. The topological polar surface area (TPSA) is 83.2 Å². The van der Waals surface area contributed by atoms with Crippen LogP contribution >= 0.6 is 11.6 Å². The first-order valence-corrected chi connectivity index (χ1v) is 12.4. The van der Waals surface area contributed by atoms with E-state index in [-0.39, 0.29) is 18.1 Å². The number of phenolic OH excluding ortho intramolecular Hbond substituents is 1. The number of hydrogen-bond acceptors (Lipinski definition) is 7. The van der Waals surface area contributed by atoms with Crippen LogP contribution in [0.5, 0.6) is 5.75 Å². The van der Waals surface area contributed by atoms with Crippen molar-refractivity contribution >= 4 is 34.2 Å². The summed E-state index contributed by atoms with van der Waals surface area (Å²) in [5.41, 5.74) is 3.05. The molecule has 1 aliphatic heterocycles. The van der Waals surface area contributed by atoms with Crippen molar-refractivity contribution in [2.45, 2.75) is 39.7 Å². The number of carbonyl (C=O) groups is 1. The first-order chi connectivity index (χ1) is 16.9. The number of anilines is 1. The number of fused-ring (bicyclic) bond motifs is 1. The molecule has 35 heavy (non-hydrogen) atoms. The maximum absolute atomic E-state index is 12.1. The van der Waals surface area contributed by atoms with Crippen molar-refractivity contribution in [3.8, 4) is 5.75 Å². The Hall–Kier alpha value is -3.03. The van der Waals surface area contributed by atoms with E-state index >= 15 is 0 Å². The monoisotopic (exact) mass is 498 g/mol. The zero-order chi connectivity index (χ0) is 24.9. The number of phenols is 1. The molecule has 1 fully saturated rings. The van der Waals surface area contributed by atoms with Gasteiger partial charge in [0.2, 0.25) is 0 Å². The number of piperazine rings is 1. The summed E-state index contributed by atoms with van der Waals surface area (Å²) in [5, 5.41) is 12.7. The van der Waals surface area contributed by atoms with Gasteiger partial charge >= 0.3 is 11.6 Å². The van der Waals surface area contributed by atoms with Gasteiger partial charge in [-0.25, -0.2) is 4.79 Å². The molecule has 1 N–H and O–H groups in total. The molecule has 1 aromatic heterocycles. The molecule has 0 radical (unpaired) electrons. The SMILES string of the molecule is CCCOC(=O)CCc1cc2c(C)cc(=O)oc2c(CN2CCN(c3cccc(Cl)c3)CC2)c1O. The summed E-state index contributed by atoms with van der Waals surface area (Å²) >= 11 is 6.15. The van der Waals surface area contributed by atoms with Crippen molar-refractivity contribution in [3.63, 3.8) is 0 Å². The highest BCUT2D eigenvalue weighted by Gasteiger charge is 2.23. The molecule has 1 aliphatic rings. The van der Waals surface area contributed by atoms with E-state index in [1.807, 2.05) is 44.2 Å². The number of esters is 1. The zero-order valence-corrected chi connectivity index (χ0v) is 20.9. The Labute approximate surface area is 209 Å². The molecule has 2 heterocycles. The highest BCUT2D eigenvalue weighted by atomic mass is 35.5. The number of carbonyl (C=O) groups excluding carboxylic acids is 1. The van der Waals surface area contributed by atoms with E-state index in [1.54, 1.807) is 0 Å². The number of nitrogens with zero attached hydrogens (tertiary/aromatic N) is 2. The third-order valence-electron chi connectivity index (χ3n) is 6.38. The Morgan fingerprint density at radius 3 is 2.66 bits per heavy atom. The van der Waals surface area contributed by atoms with E-state index in [1.165, 1.54) is 6.07 Å². The second-order valence-electron chi connectivity index (χ2n) is 8.95. The second-order valence-corrected chi connectivity index (χ2v) is 9.39. The van der Waals surface area contributed by atoms with E-state index < -0.39 is 5.63 Å². The lowest BCUT2D eigenvalue weighted by Gasteiger charge is -2.36. The summed E-state index contributed by atoms with van der Waals surface area (Å²) < 4.78 is 10.8. The fraction of sp³-hybridized carbons (Fsp3) is 0.407. The minimum atomic E-state index is -0.447. The lowest BCUT2D eigenvalue weighted by Crippen LogP contribution is -2.46. The van der Waals surface area contributed by atoms with E-state index in [0.717, 1.165) is 49.2 Å². The van der Waals surface area contributed by atoms with Crippen LogP contribution in [0.4, 0.5) is 5.69 Å². The number of ether oxygens (including phenoxy) is 1. The number of aryl methyl sites for hydroxylation is 2. The van der Waals surface area contributed by atoms with Gasteiger partial charge in [-0.1, -0.05) is 24.6 Å². The first kappa shape index (κ1) is 25.1. The van der Waals surface area contributed by atoms with Crippen molar-refractivity contribution in [2.75, 3.05) is 37.7 Å². The molecule has 0 amide bonds. The van der Waals surface area contributed by atoms with Gasteiger partial charge < -0.3 is 19.2 Å². The Bertz CT molecular complexity index is 1260. The molecule has 0 unspecified atom stereocenters. The minimum Gasteiger partial charge on any atom is -0.507 e. The van der Waals surface area contributed by atoms with E-state index in [4.69, 9.17) is 20.8 Å². The molecular formula is C27H31ClN2O5. The van der Waals surface area contributed by atoms with Crippen LogP contribution < -0.4 is 10.5 Å². The summed E-state index contributed by atoms with van der Waals surface area (Å²) in [7, 11) is 0. The lowest BCUT2D eigenvalue weighted by atomic mass is 9.98. The molecule has 186 valence electrons. The van der Waals surface area contributed by atoms with E-state index in [0.29, 0.717) is 41.3 Å². The molecule has 7 nitrogen and oxygen atoms in total. The van der Waals surface area contributed by atoms with Crippen LogP contribution in [0.15, 0.2) is 45.6 Å². The summed E-state index contributed by atoms with van der Waals surface area (Å²) in [4.78, 5) is 28.7. The molecule has 3 aromatic rings. The van der Waals surface area contributed by atoms with Crippen LogP contribution in [0.25, 0.3) is 11.0 Å². The van der Waals surface area contributed by atoms with Crippen molar-refractivity contribution in [3.05, 3.63) is 68.5 Å². The third kappa shape index (κ3) is 5.97. The average molecular weight is 499 g/mol. The average Bonchev–Trinajstić information content (AvgIpc) is 2.84. The molecule has 0 bridgehead atoms. The van der Waals surface area contributed by atoms with Gasteiger partial charge in [-0.15, -0.1) is 0 Å². The lowest BCUT2D eigenvalue weighted by molar-refractivity contribution is -0.143. The van der Waals surface area contributed by atoms with Gasteiger partial charge in [0.05, 0.1) is 12.2 Å². The molecular weight excluding hydrogens is 468 g/mol. The van der Waals surface area contributed by atoms with Gasteiger partial charge in [-0.2, -0.15) is 0 Å². The summed E-state index contributed by atoms with van der Waals surface area (Å²) in [6.45, 7) is 7.79. The first-order valence-electron chi connectivity index (χ1n) is 12.0. The largest absolute Gasteiger partial charge is 0.507 e. The molecule has 0 aliphatic carbocycles. The number of benzene rings is 2. The van der Waals surface area contributed by atoms with Crippen LogP contribution in [-0.2, 0) is 22.5 Å². The Kier molecular flexibility index (Phi) is 7.98. The number of rotatable bonds is 8. The molecule has 0 spiro atoms. The molecule has 2 aromatic carbocycles. The predicted octanol–water partition coefficient (Wildman–Crippen LogP) is 4.67. The highest BCUT2D eigenvalue weighted by molar-refractivity contribution is 6.30. The van der Waals surface area contributed by atoms with Crippen LogP contribution in [-0.4, -0.2) is 48.8 Å². The number of hydrogen-bond donors (Lipinski definition) is 1. The molecule has 8 heteroatoms. The summed E-state index contributed by atoms with van der Waals surface area (Å²) in [6, 6.07) is 11.1. The normalized spacial score (nSPS) is 14.4. The van der Waals surface area contributed by atoms with Crippen molar-refractivity contribution in [2.24, 2.45) is 0 Å². The summed E-state index contributed by atoms with van der Waals surface area (Å²) in [5.74, 6) is -0.215. The van der Waals surface area contributed by atoms with Gasteiger partial charge in [-0.05, 0) is 55.2 Å². The molecule has 0 saturated carbocycles. The number of aromatic hydroxyl groups is 1. The maximum Gasteiger partial charge on any atom is 0.336 e. The Morgan fingerprint density at radius 2 is 1.94 bits per heavy atom. The van der Waals surface area contributed by atoms with Gasteiger partial charge in [0.25, 0.3) is 0 Å². The minimum absolute atomic E-state index is 0.0758. The second kappa shape index (κ2) is 11.1. The van der Waals surface area contributed by atoms with Crippen molar-refractivity contribution in [1.82, 2.24) is 4.90 Å².